The Balaban J connectivity index is 1.35. The van der Waals surface area contributed by atoms with Gasteiger partial charge in [0.25, 0.3) is 5.91 Å². The number of aromatic nitrogens is 2. The average molecular weight is 460 g/mol. The maximum absolute atomic E-state index is 12.9. The summed E-state index contributed by atoms with van der Waals surface area (Å²) in [5, 5.41) is 4.18. The molecule has 0 radical (unpaired) electrons. The van der Waals surface area contributed by atoms with E-state index < -0.39 is 0 Å². The molecule has 8 nitrogen and oxygen atoms in total. The number of carbonyl (C=O) groups is 1. The number of carbonyl (C=O) groups excluding carboxylic acids is 1. The first kappa shape index (κ1) is 23.4. The number of nitrogens with zero attached hydrogens (tertiary/aromatic N) is 6. The molecule has 4 heterocycles. The third-order valence-electron chi connectivity index (χ3n) is 6.88. The fourth-order valence-electron chi connectivity index (χ4n) is 4.70. The number of hydrogen-bond acceptors (Lipinski definition) is 8. The minimum absolute atomic E-state index is 0.0167. The van der Waals surface area contributed by atoms with Crippen LogP contribution in [0.2, 0.25) is 0 Å². The van der Waals surface area contributed by atoms with Gasteiger partial charge in [-0.15, -0.1) is 11.3 Å². The summed E-state index contributed by atoms with van der Waals surface area (Å²) < 4.78 is 0. The summed E-state index contributed by atoms with van der Waals surface area (Å²) in [6.07, 6.45) is 2.62. The minimum atomic E-state index is 0.0167. The molecular weight excluding hydrogens is 422 g/mol. The van der Waals surface area contributed by atoms with E-state index in [1.165, 1.54) is 11.3 Å². The second-order valence-corrected chi connectivity index (χ2v) is 9.74. The lowest BCUT2D eigenvalue weighted by Crippen LogP contribution is -2.46. The Bertz CT molecular complexity index is 901. The Kier molecular flexibility index (Phi) is 7.93. The number of anilines is 1. The Morgan fingerprint density at radius 1 is 0.969 bits per heavy atom. The van der Waals surface area contributed by atoms with E-state index in [0.717, 1.165) is 105 Å². The molecule has 4 rings (SSSR count). The van der Waals surface area contributed by atoms with Crippen molar-refractivity contribution in [2.45, 2.75) is 27.2 Å². The van der Waals surface area contributed by atoms with E-state index in [1.807, 2.05) is 6.92 Å². The number of likely N-dealkylation sites (N-methyl/N-ethyl adjacent to an activating group) is 2. The van der Waals surface area contributed by atoms with Crippen molar-refractivity contribution in [3.05, 3.63) is 16.8 Å². The second-order valence-electron chi connectivity index (χ2n) is 8.74. The molecule has 0 atom stereocenters. The van der Waals surface area contributed by atoms with E-state index >= 15 is 0 Å². The molecular formula is C23H37N7OS. The summed E-state index contributed by atoms with van der Waals surface area (Å²) in [7, 11) is 0. The third kappa shape index (κ3) is 5.22. The molecule has 0 unspecified atom stereocenters. The SMILES string of the molecule is CCN1CCN(CCCNC(=O)c2sc3ncnc(N4CCN(CC)CC4)c3c2C)CC1. The molecule has 1 N–H and O–H groups in total. The van der Waals surface area contributed by atoms with Gasteiger partial charge in [0.2, 0.25) is 0 Å². The van der Waals surface area contributed by atoms with E-state index in [9.17, 15) is 4.79 Å². The number of fused-ring (bicyclic) bond motifs is 1. The molecule has 0 spiro atoms. The molecule has 32 heavy (non-hydrogen) atoms. The number of piperazine rings is 2. The summed E-state index contributed by atoms with van der Waals surface area (Å²) in [5.74, 6) is 0.993. The lowest BCUT2D eigenvalue weighted by molar-refractivity contribution is 0.0952. The van der Waals surface area contributed by atoms with Gasteiger partial charge in [-0.3, -0.25) is 4.79 Å². The standard InChI is InChI=1S/C23H37N7OS/c1-4-27-9-11-29(12-10-27)8-6-7-24-22(31)20-18(3)19-21(25-17-26-23(19)32-20)30-15-13-28(5-2)14-16-30/h17H,4-16H2,1-3H3,(H,24,31). The van der Waals surface area contributed by atoms with Crippen molar-refractivity contribution in [3.8, 4) is 0 Å². The molecule has 2 aliphatic heterocycles. The lowest BCUT2D eigenvalue weighted by atomic mass is 10.1. The first-order valence-corrected chi connectivity index (χ1v) is 12.9. The lowest BCUT2D eigenvalue weighted by Gasteiger charge is -2.35. The Morgan fingerprint density at radius 2 is 1.59 bits per heavy atom. The summed E-state index contributed by atoms with van der Waals surface area (Å²) in [6.45, 7) is 19.0. The van der Waals surface area contributed by atoms with Crippen molar-refractivity contribution in [3.63, 3.8) is 0 Å². The molecule has 2 fully saturated rings. The van der Waals surface area contributed by atoms with Gasteiger partial charge in [0.15, 0.2) is 0 Å². The zero-order valence-electron chi connectivity index (χ0n) is 19.8. The van der Waals surface area contributed by atoms with Gasteiger partial charge in [0, 0.05) is 58.9 Å². The van der Waals surface area contributed by atoms with Crippen LogP contribution in [0.4, 0.5) is 5.82 Å². The number of thiophene rings is 1. The zero-order chi connectivity index (χ0) is 22.5. The van der Waals surface area contributed by atoms with Gasteiger partial charge >= 0.3 is 0 Å². The highest BCUT2D eigenvalue weighted by molar-refractivity contribution is 7.20. The molecule has 0 aliphatic carbocycles. The second kappa shape index (κ2) is 10.9. The van der Waals surface area contributed by atoms with E-state index in [0.29, 0.717) is 6.54 Å². The van der Waals surface area contributed by atoms with Crippen molar-refractivity contribution in [1.29, 1.82) is 0 Å². The molecule has 2 aromatic heterocycles. The largest absolute Gasteiger partial charge is 0.353 e. The summed E-state index contributed by atoms with van der Waals surface area (Å²) in [4.78, 5) is 33.5. The van der Waals surface area contributed by atoms with Crippen LogP contribution in [0.1, 0.15) is 35.5 Å². The normalized spacial score (nSPS) is 19.0. The molecule has 0 saturated carbocycles. The maximum Gasteiger partial charge on any atom is 0.261 e. The maximum atomic E-state index is 12.9. The van der Waals surface area contributed by atoms with Gasteiger partial charge in [-0.2, -0.15) is 0 Å². The smallest absolute Gasteiger partial charge is 0.261 e. The van der Waals surface area contributed by atoms with Crippen molar-refractivity contribution in [1.82, 2.24) is 30.0 Å². The van der Waals surface area contributed by atoms with Gasteiger partial charge in [-0.1, -0.05) is 13.8 Å². The predicted octanol–water partition coefficient (Wildman–Crippen LogP) is 1.90. The van der Waals surface area contributed by atoms with Gasteiger partial charge in [-0.05, 0) is 38.5 Å². The highest BCUT2D eigenvalue weighted by atomic mass is 32.1. The molecule has 9 heteroatoms. The van der Waals surface area contributed by atoms with Crippen LogP contribution in [0.25, 0.3) is 10.2 Å². The monoisotopic (exact) mass is 459 g/mol. The number of rotatable bonds is 8. The number of hydrogen-bond donors (Lipinski definition) is 1. The third-order valence-corrected chi connectivity index (χ3v) is 8.08. The van der Waals surface area contributed by atoms with E-state index in [4.69, 9.17) is 0 Å². The summed E-state index contributed by atoms with van der Waals surface area (Å²) in [5.41, 5.74) is 1.01. The molecule has 1 amide bonds. The molecule has 2 aliphatic rings. The van der Waals surface area contributed by atoms with Crippen LogP contribution < -0.4 is 10.2 Å². The van der Waals surface area contributed by atoms with Crippen LogP contribution in [0.3, 0.4) is 0 Å². The topological polar surface area (TPSA) is 67.8 Å². The van der Waals surface area contributed by atoms with Crippen molar-refractivity contribution in [2.75, 3.05) is 83.4 Å². The molecule has 0 aromatic carbocycles. The summed E-state index contributed by atoms with van der Waals surface area (Å²) >= 11 is 1.49. The van der Waals surface area contributed by atoms with Crippen LogP contribution in [0.15, 0.2) is 6.33 Å². The molecule has 2 aromatic rings. The molecule has 0 bridgehead atoms. The van der Waals surface area contributed by atoms with Gasteiger partial charge < -0.3 is 24.9 Å². The van der Waals surface area contributed by atoms with Gasteiger partial charge in [0.1, 0.15) is 17.0 Å². The highest BCUT2D eigenvalue weighted by Crippen LogP contribution is 2.35. The van der Waals surface area contributed by atoms with Crippen molar-refractivity contribution in [2.24, 2.45) is 0 Å². The fourth-order valence-corrected chi connectivity index (χ4v) is 5.76. The molecule has 2 saturated heterocycles. The number of nitrogens with one attached hydrogen (secondary N) is 1. The zero-order valence-corrected chi connectivity index (χ0v) is 20.6. The Labute approximate surface area is 195 Å². The Hall–Kier alpha value is -1.81. The first-order chi connectivity index (χ1) is 15.6. The highest BCUT2D eigenvalue weighted by Gasteiger charge is 2.24. The van der Waals surface area contributed by atoms with Crippen molar-refractivity contribution >= 4 is 33.3 Å². The van der Waals surface area contributed by atoms with E-state index in [2.05, 4.69) is 48.7 Å². The van der Waals surface area contributed by atoms with Crippen molar-refractivity contribution < 1.29 is 4.79 Å². The van der Waals surface area contributed by atoms with Crippen LogP contribution in [0.5, 0.6) is 0 Å². The first-order valence-electron chi connectivity index (χ1n) is 12.0. The number of amides is 1. The Morgan fingerprint density at radius 3 is 2.25 bits per heavy atom. The number of aryl methyl sites for hydroxylation is 1. The predicted molar refractivity (Wildman–Crippen MR) is 132 cm³/mol. The fraction of sp³-hybridized carbons (Fsp3) is 0.696. The summed E-state index contributed by atoms with van der Waals surface area (Å²) in [6, 6.07) is 0. The van der Waals surface area contributed by atoms with Crippen LogP contribution in [-0.2, 0) is 0 Å². The van der Waals surface area contributed by atoms with E-state index in [1.54, 1.807) is 6.33 Å². The average Bonchev–Trinajstić information content (AvgIpc) is 3.19. The molecule has 176 valence electrons. The van der Waals surface area contributed by atoms with Gasteiger partial charge in [0.05, 0.1) is 10.3 Å². The van der Waals surface area contributed by atoms with E-state index in [-0.39, 0.29) is 5.91 Å². The van der Waals surface area contributed by atoms with Gasteiger partial charge in [-0.25, -0.2) is 9.97 Å². The van der Waals surface area contributed by atoms with Crippen LogP contribution in [0, 0.1) is 6.92 Å². The van der Waals surface area contributed by atoms with Crippen LogP contribution >= 0.6 is 11.3 Å². The van der Waals surface area contributed by atoms with Crippen LogP contribution in [-0.4, -0.2) is 109 Å². The minimum Gasteiger partial charge on any atom is -0.353 e. The quantitative estimate of drug-likeness (QED) is 0.605.